The number of nitrogens with one attached hydrogen (secondary N) is 1. The maximum absolute atomic E-state index is 12.9. The van der Waals surface area contributed by atoms with Crippen LogP contribution in [0.15, 0.2) is 48.5 Å². The molecular weight excluding hydrogens is 411 g/mol. The molecule has 0 bridgehead atoms. The van der Waals surface area contributed by atoms with Crippen molar-refractivity contribution in [2.75, 3.05) is 0 Å². The smallest absolute Gasteiger partial charge is 0.280 e. The maximum Gasteiger partial charge on any atom is 0.280 e. The van der Waals surface area contributed by atoms with Gasteiger partial charge in [-0.25, -0.2) is 4.98 Å². The number of hydrogen-bond donors (Lipinski definition) is 1. The van der Waals surface area contributed by atoms with E-state index in [1.807, 2.05) is 30.3 Å². The molecule has 1 N–H and O–H groups in total. The summed E-state index contributed by atoms with van der Waals surface area (Å²) in [6, 6.07) is 15.5. The van der Waals surface area contributed by atoms with Crippen LogP contribution in [-0.4, -0.2) is 16.9 Å². The van der Waals surface area contributed by atoms with Gasteiger partial charge in [-0.15, -0.1) is 11.3 Å². The molecule has 2 aromatic carbocycles. The molecule has 28 heavy (non-hydrogen) atoms. The fraction of sp³-hybridized carbons (Fsp3) is 0.273. The first-order valence-electron chi connectivity index (χ1n) is 9.44. The molecule has 144 valence electrons. The molecule has 1 fully saturated rings. The summed E-state index contributed by atoms with van der Waals surface area (Å²) >= 11 is 14.0. The summed E-state index contributed by atoms with van der Waals surface area (Å²) in [4.78, 5) is 18.5. The lowest BCUT2D eigenvalue weighted by Gasteiger charge is -2.22. The molecule has 1 aliphatic carbocycles. The van der Waals surface area contributed by atoms with Gasteiger partial charge in [-0.2, -0.15) is 0 Å². The highest BCUT2D eigenvalue weighted by atomic mass is 35.5. The molecule has 0 radical (unpaired) electrons. The summed E-state index contributed by atoms with van der Waals surface area (Å²) in [5.74, 6) is -0.113. The van der Waals surface area contributed by atoms with E-state index >= 15 is 0 Å². The fourth-order valence-electron chi connectivity index (χ4n) is 3.56. The highest BCUT2D eigenvalue weighted by Crippen LogP contribution is 2.40. The predicted octanol–water partition coefficient (Wildman–Crippen LogP) is 6.85. The van der Waals surface area contributed by atoms with E-state index in [9.17, 15) is 4.79 Å². The van der Waals surface area contributed by atoms with Gasteiger partial charge in [0.1, 0.15) is 0 Å². The Kier molecular flexibility index (Phi) is 6.00. The Labute approximate surface area is 178 Å². The van der Waals surface area contributed by atoms with Gasteiger partial charge in [0.2, 0.25) is 0 Å². The van der Waals surface area contributed by atoms with Crippen molar-refractivity contribution >= 4 is 40.4 Å². The molecule has 1 saturated carbocycles. The first-order chi connectivity index (χ1) is 13.6. The molecular formula is C22H20Cl2N2OS. The third-order valence-electron chi connectivity index (χ3n) is 4.98. The molecule has 1 heterocycles. The minimum Gasteiger partial charge on any atom is -0.347 e. The van der Waals surface area contributed by atoms with Crippen molar-refractivity contribution in [1.82, 2.24) is 10.3 Å². The van der Waals surface area contributed by atoms with Crippen molar-refractivity contribution in [3.63, 3.8) is 0 Å². The molecule has 0 atom stereocenters. The molecule has 0 spiro atoms. The van der Waals surface area contributed by atoms with Crippen LogP contribution in [0.3, 0.4) is 0 Å². The standard InChI is InChI=1S/C22H20Cl2N2OS/c23-15-11-12-18(24)17(13-15)19-20(14-7-3-1-4-8-14)28-22(26-19)21(27)25-16-9-5-2-6-10-16/h1,3-4,7-8,11-13,16H,2,5-6,9-10H2,(H,25,27). The predicted molar refractivity (Wildman–Crippen MR) is 117 cm³/mol. The zero-order chi connectivity index (χ0) is 19.5. The van der Waals surface area contributed by atoms with E-state index in [4.69, 9.17) is 23.2 Å². The van der Waals surface area contributed by atoms with Crippen molar-refractivity contribution in [1.29, 1.82) is 0 Å². The second-order valence-electron chi connectivity index (χ2n) is 7.00. The average molecular weight is 431 g/mol. The van der Waals surface area contributed by atoms with Crippen LogP contribution >= 0.6 is 34.5 Å². The molecule has 1 amide bonds. The highest BCUT2D eigenvalue weighted by molar-refractivity contribution is 7.17. The fourth-order valence-corrected chi connectivity index (χ4v) is 4.93. The monoisotopic (exact) mass is 430 g/mol. The van der Waals surface area contributed by atoms with E-state index in [-0.39, 0.29) is 11.9 Å². The third kappa shape index (κ3) is 4.24. The number of carbonyl (C=O) groups is 1. The van der Waals surface area contributed by atoms with Crippen LogP contribution < -0.4 is 5.32 Å². The van der Waals surface area contributed by atoms with Gasteiger partial charge in [0.15, 0.2) is 5.01 Å². The third-order valence-corrected chi connectivity index (χ3v) is 6.65. The van der Waals surface area contributed by atoms with Crippen molar-refractivity contribution in [3.8, 4) is 21.7 Å². The van der Waals surface area contributed by atoms with Crippen molar-refractivity contribution in [2.24, 2.45) is 0 Å². The number of nitrogens with zero attached hydrogens (tertiary/aromatic N) is 1. The van der Waals surface area contributed by atoms with Gasteiger partial charge in [0.05, 0.1) is 15.6 Å². The molecule has 1 aliphatic rings. The van der Waals surface area contributed by atoms with E-state index in [0.29, 0.717) is 20.7 Å². The first kappa shape index (κ1) is 19.4. The summed E-state index contributed by atoms with van der Waals surface area (Å²) in [5, 5.41) is 4.75. The number of halogens is 2. The Hall–Kier alpha value is -1.88. The molecule has 1 aromatic heterocycles. The van der Waals surface area contributed by atoms with Crippen LogP contribution in [0, 0.1) is 0 Å². The molecule has 4 rings (SSSR count). The Bertz CT molecular complexity index is 981. The van der Waals surface area contributed by atoms with Crippen LogP contribution in [-0.2, 0) is 0 Å². The highest BCUT2D eigenvalue weighted by Gasteiger charge is 2.23. The Morgan fingerprint density at radius 2 is 1.79 bits per heavy atom. The molecule has 3 aromatic rings. The molecule has 3 nitrogen and oxygen atoms in total. The van der Waals surface area contributed by atoms with Crippen LogP contribution in [0.5, 0.6) is 0 Å². The Morgan fingerprint density at radius 3 is 2.54 bits per heavy atom. The number of rotatable bonds is 4. The lowest BCUT2D eigenvalue weighted by atomic mass is 9.95. The SMILES string of the molecule is O=C(NC1CCCCC1)c1nc(-c2cc(Cl)ccc2Cl)c(-c2ccccc2)s1. The Morgan fingerprint density at radius 1 is 1.04 bits per heavy atom. The second-order valence-corrected chi connectivity index (χ2v) is 8.84. The van der Waals surface area contributed by atoms with E-state index in [1.165, 1.54) is 30.6 Å². The van der Waals surface area contributed by atoms with Crippen molar-refractivity contribution < 1.29 is 4.79 Å². The topological polar surface area (TPSA) is 42.0 Å². The van der Waals surface area contributed by atoms with E-state index in [1.54, 1.807) is 18.2 Å². The minimum atomic E-state index is -0.113. The van der Waals surface area contributed by atoms with Gasteiger partial charge in [-0.05, 0) is 36.6 Å². The van der Waals surface area contributed by atoms with Crippen LogP contribution in [0.1, 0.15) is 41.9 Å². The van der Waals surface area contributed by atoms with Gasteiger partial charge >= 0.3 is 0 Å². The molecule has 0 unspecified atom stereocenters. The minimum absolute atomic E-state index is 0.113. The number of hydrogen-bond acceptors (Lipinski definition) is 3. The second kappa shape index (κ2) is 8.64. The summed E-state index contributed by atoms with van der Waals surface area (Å²) in [6.45, 7) is 0. The van der Waals surface area contributed by atoms with E-state index in [2.05, 4.69) is 10.3 Å². The summed E-state index contributed by atoms with van der Waals surface area (Å²) < 4.78 is 0. The van der Waals surface area contributed by atoms with Crippen molar-refractivity contribution in [3.05, 3.63) is 63.6 Å². The maximum atomic E-state index is 12.9. The number of amides is 1. The summed E-state index contributed by atoms with van der Waals surface area (Å²) in [6.07, 6.45) is 5.66. The number of thiazole rings is 1. The zero-order valence-electron chi connectivity index (χ0n) is 15.3. The zero-order valence-corrected chi connectivity index (χ0v) is 17.6. The van der Waals surface area contributed by atoms with Crippen LogP contribution in [0.25, 0.3) is 21.7 Å². The number of aromatic nitrogens is 1. The normalized spacial score (nSPS) is 14.8. The lowest BCUT2D eigenvalue weighted by Crippen LogP contribution is -2.36. The van der Waals surface area contributed by atoms with E-state index in [0.717, 1.165) is 28.8 Å². The molecule has 6 heteroatoms. The summed E-state index contributed by atoms with van der Waals surface area (Å²) in [7, 11) is 0. The Balaban J connectivity index is 1.74. The average Bonchev–Trinajstić information content (AvgIpc) is 3.17. The van der Waals surface area contributed by atoms with Crippen molar-refractivity contribution in [2.45, 2.75) is 38.1 Å². The molecule has 0 saturated heterocycles. The van der Waals surface area contributed by atoms with Gasteiger partial charge in [-0.3, -0.25) is 4.79 Å². The van der Waals surface area contributed by atoms with Gasteiger partial charge in [-0.1, -0.05) is 72.8 Å². The lowest BCUT2D eigenvalue weighted by molar-refractivity contribution is 0.0927. The number of benzene rings is 2. The van der Waals surface area contributed by atoms with Gasteiger partial charge < -0.3 is 5.32 Å². The van der Waals surface area contributed by atoms with Gasteiger partial charge in [0.25, 0.3) is 5.91 Å². The number of carbonyl (C=O) groups excluding carboxylic acids is 1. The molecule has 0 aliphatic heterocycles. The van der Waals surface area contributed by atoms with E-state index < -0.39 is 0 Å². The summed E-state index contributed by atoms with van der Waals surface area (Å²) in [5.41, 5.74) is 2.43. The largest absolute Gasteiger partial charge is 0.347 e. The first-order valence-corrected chi connectivity index (χ1v) is 11.0. The van der Waals surface area contributed by atoms with Crippen LogP contribution in [0.2, 0.25) is 10.0 Å². The van der Waals surface area contributed by atoms with Gasteiger partial charge in [0, 0.05) is 16.6 Å². The quantitative estimate of drug-likeness (QED) is 0.491. The van der Waals surface area contributed by atoms with Crippen LogP contribution in [0.4, 0.5) is 0 Å².